The van der Waals surface area contributed by atoms with E-state index in [4.69, 9.17) is 22.9 Å². The molecule has 8 atom stereocenters. The second-order valence-electron chi connectivity index (χ2n) is 23.0. The Hall–Kier alpha value is -9.47. The third-order valence-electron chi connectivity index (χ3n) is 15.5. The maximum atomic E-state index is 15.4. The van der Waals surface area contributed by atoms with Gasteiger partial charge in [0.1, 0.15) is 48.0 Å². The highest BCUT2D eigenvalue weighted by Gasteiger charge is 2.45. The van der Waals surface area contributed by atoms with Crippen LogP contribution in [0.15, 0.2) is 84.1 Å². The smallest absolute Gasteiger partial charge is 0.246 e. The fourth-order valence-corrected chi connectivity index (χ4v) is 10.7. The lowest BCUT2D eigenvalue weighted by molar-refractivity contribution is -0.143. The van der Waals surface area contributed by atoms with E-state index in [1.807, 2.05) is 61.5 Å². The van der Waals surface area contributed by atoms with Gasteiger partial charge in [0.25, 0.3) is 0 Å². The van der Waals surface area contributed by atoms with Gasteiger partial charge in [0.15, 0.2) is 5.96 Å². The average Bonchev–Trinajstić information content (AvgIpc) is 3.01. The van der Waals surface area contributed by atoms with Crippen LogP contribution in [0.1, 0.15) is 115 Å². The van der Waals surface area contributed by atoms with E-state index in [-0.39, 0.29) is 83.4 Å². The summed E-state index contributed by atoms with van der Waals surface area (Å²) >= 11 is 0. The Kier molecular flexibility index (Phi) is 23.1. The molecule has 0 bridgehead atoms. The Morgan fingerprint density at radius 2 is 1.51 bits per heavy atom. The Bertz CT molecular complexity index is 3370. The first kappa shape index (κ1) is 66.1. The van der Waals surface area contributed by atoms with Crippen molar-refractivity contribution in [3.63, 3.8) is 0 Å². The highest BCUT2D eigenvalue weighted by atomic mass is 16.2. The van der Waals surface area contributed by atoms with Gasteiger partial charge in [-0.1, -0.05) is 85.6 Å². The normalized spacial score (nSPS) is 22.0. The first-order valence-corrected chi connectivity index (χ1v) is 29.7. The summed E-state index contributed by atoms with van der Waals surface area (Å²) in [6.45, 7) is 5.78. The van der Waals surface area contributed by atoms with Crippen LogP contribution >= 0.6 is 0 Å². The van der Waals surface area contributed by atoms with E-state index in [1.54, 1.807) is 38.4 Å². The van der Waals surface area contributed by atoms with Crippen LogP contribution < -0.4 is 65.5 Å². The number of hydrogen-bond acceptors (Lipinski definition) is 14. The van der Waals surface area contributed by atoms with Crippen molar-refractivity contribution >= 4 is 86.7 Å². The number of carbonyl (C=O) groups excluding carboxylic acids is 10. The van der Waals surface area contributed by atoms with Gasteiger partial charge in [0, 0.05) is 62.9 Å². The molecule has 3 aromatic carbocycles. The quantitative estimate of drug-likeness (QED) is 0.0308. The summed E-state index contributed by atoms with van der Waals surface area (Å²) in [5.74, 6) is -7.98. The molecule has 7 rings (SSSR count). The Balaban J connectivity index is 1.31. The molecule has 1 unspecified atom stereocenters. The molecule has 88 heavy (non-hydrogen) atoms. The number of unbranched alkanes of at least 4 members (excludes halogenated alkanes) is 1. The maximum absolute atomic E-state index is 15.4. The molecule has 472 valence electrons. The van der Waals surface area contributed by atoms with Crippen LogP contribution in [-0.4, -0.2) is 158 Å². The predicted octanol–water partition coefficient (Wildman–Crippen LogP) is -0.802. The van der Waals surface area contributed by atoms with Crippen LogP contribution in [0.25, 0.3) is 21.7 Å². The number of hydrogen-bond donors (Lipinski definition) is 13. The fraction of sp³-hybridized carbons (Fsp3) is 0.483. The van der Waals surface area contributed by atoms with E-state index in [1.165, 1.54) is 16.5 Å². The number of rotatable bonds is 17. The summed E-state index contributed by atoms with van der Waals surface area (Å²) in [7, 11) is 0. The van der Waals surface area contributed by atoms with Crippen molar-refractivity contribution in [3.8, 4) is 0 Å². The van der Waals surface area contributed by atoms with Gasteiger partial charge < -0.3 is 75.4 Å². The minimum absolute atomic E-state index is 0.0124. The molecule has 0 saturated carbocycles. The molecule has 2 saturated heterocycles. The molecule has 0 aliphatic carbocycles. The first-order chi connectivity index (χ1) is 42.0. The van der Waals surface area contributed by atoms with Crippen LogP contribution in [0.4, 0.5) is 0 Å². The van der Waals surface area contributed by atoms with Crippen molar-refractivity contribution in [2.24, 2.45) is 27.9 Å². The highest BCUT2D eigenvalue weighted by Crippen LogP contribution is 2.30. The van der Waals surface area contributed by atoms with Crippen LogP contribution in [-0.2, 0) is 66.3 Å². The zero-order valence-corrected chi connectivity index (χ0v) is 50.1. The fourth-order valence-electron chi connectivity index (χ4n) is 10.7. The number of nitrogens with zero attached hydrogens (tertiary/aromatic N) is 5. The maximum Gasteiger partial charge on any atom is 0.246 e. The minimum atomic E-state index is -1.63. The Labute approximate surface area is 509 Å². The number of nitrogens with one attached hydrogen (secondary N) is 9. The highest BCUT2D eigenvalue weighted by molar-refractivity contribution is 5.99. The SMILES string of the molecule is CCCCC(NC(C)=O)C(=O)N[C@H]1CC(=O)NCCCC[C@@H](C(N)=O)NC(=O)CNC(=O)[C@H](Cc2c[nH]c3ccccc23)NC(=O)[C@H](CCCN=C(N)N)NC(=O)[C@@H](Cc2ccc3ccccc3c2)NC(=O)[C@@H]2C[C@@H](n3cc(C(C)(C)N)nn3)CN2C1=O. The van der Waals surface area contributed by atoms with Gasteiger partial charge in [-0.25, -0.2) is 4.68 Å². The van der Waals surface area contributed by atoms with Crippen molar-refractivity contribution in [3.05, 3.63) is 95.9 Å². The third-order valence-corrected chi connectivity index (χ3v) is 15.5. The number of H-pyrrole nitrogens is 1. The van der Waals surface area contributed by atoms with Gasteiger partial charge in [0.2, 0.25) is 59.1 Å². The second kappa shape index (κ2) is 30.7. The van der Waals surface area contributed by atoms with Gasteiger partial charge in [-0.05, 0) is 80.3 Å². The molecular weight excluding hydrogens is 1130 g/mol. The molecule has 28 nitrogen and oxygen atoms in total. The van der Waals surface area contributed by atoms with Crippen molar-refractivity contribution in [1.82, 2.24) is 67.4 Å². The van der Waals surface area contributed by atoms with Crippen molar-refractivity contribution in [2.75, 3.05) is 26.2 Å². The summed E-state index contributed by atoms with van der Waals surface area (Å²) in [6.07, 6.45) is 4.21. The number of benzene rings is 3. The van der Waals surface area contributed by atoms with E-state index in [9.17, 15) is 33.6 Å². The molecule has 2 aliphatic rings. The monoisotopic (exact) mass is 1210 g/mol. The third kappa shape index (κ3) is 18.5. The van der Waals surface area contributed by atoms with Crippen LogP contribution in [0.3, 0.4) is 0 Å². The number of aromatic nitrogens is 4. The predicted molar refractivity (Wildman–Crippen MR) is 326 cm³/mol. The minimum Gasteiger partial charge on any atom is -0.370 e. The summed E-state index contributed by atoms with van der Waals surface area (Å²) in [4.78, 5) is 150. The van der Waals surface area contributed by atoms with E-state index < -0.39 is 126 Å². The van der Waals surface area contributed by atoms with Gasteiger partial charge in [-0.3, -0.25) is 52.9 Å². The first-order valence-electron chi connectivity index (χ1n) is 29.7. The van der Waals surface area contributed by atoms with Gasteiger partial charge in [-0.2, -0.15) is 0 Å². The lowest BCUT2D eigenvalue weighted by Gasteiger charge is -2.31. The number of primary amides is 1. The van der Waals surface area contributed by atoms with Crippen LogP contribution in [0.2, 0.25) is 0 Å². The van der Waals surface area contributed by atoms with E-state index in [2.05, 4.69) is 62.8 Å². The zero-order valence-electron chi connectivity index (χ0n) is 50.1. The number of aromatic amines is 1. The van der Waals surface area contributed by atoms with E-state index in [0.717, 1.165) is 21.7 Å². The number of nitrogens with two attached hydrogens (primary N) is 4. The number of fused-ring (bicyclic) bond motifs is 3. The summed E-state index contributed by atoms with van der Waals surface area (Å²) < 4.78 is 1.47. The molecule has 2 aromatic heterocycles. The van der Waals surface area contributed by atoms with Gasteiger partial charge >= 0.3 is 0 Å². The number of aliphatic imine (C=N–C) groups is 1. The topological polar surface area (TPSA) is 433 Å². The summed E-state index contributed by atoms with van der Waals surface area (Å²) in [5, 5.41) is 32.8. The molecule has 10 amide bonds. The molecule has 0 radical (unpaired) electrons. The molecular formula is C60H82N18O10. The number of carbonyl (C=O) groups is 10. The molecule has 28 heteroatoms. The Morgan fingerprint density at radius 3 is 2.23 bits per heavy atom. The number of guanidine groups is 1. The van der Waals surface area contributed by atoms with Gasteiger partial charge in [-0.15, -0.1) is 5.10 Å². The lowest BCUT2D eigenvalue weighted by atomic mass is 9.99. The van der Waals surface area contributed by atoms with Crippen molar-refractivity contribution in [1.29, 1.82) is 0 Å². The van der Waals surface area contributed by atoms with Crippen LogP contribution in [0, 0.1) is 0 Å². The second-order valence-corrected chi connectivity index (χ2v) is 23.0. The van der Waals surface area contributed by atoms with Crippen molar-refractivity contribution < 1.29 is 47.9 Å². The number of amides is 10. The average molecular weight is 1220 g/mol. The molecule has 2 fully saturated rings. The zero-order chi connectivity index (χ0) is 63.7. The standard InChI is InChI=1S/C60H82N18O10/c1-5-6-17-43(69-34(2)79)54(84)74-47-29-50(80)65-23-12-11-19-42(52(61)82)70-51(81)31-68-53(83)46(27-38-30-67-41-18-10-9-16-40(38)41)72-55(85)44(20-13-24-66-59(62)63)71-56(86)45(26-35-21-22-36-14-7-8-15-37(36)25-35)73-57(87)48-28-39(32-77(48)58(47)88)78-33-49(75-76-78)60(3,4)64/h7-10,14-16,18,21-22,25,30,33,39,42-48,67H,5-6,11-13,17,19-20,23-24,26-29,31-32,64H2,1-4H3,(H2,61,82)(H,65,80)(H,68,83)(H,69,79)(H,70,81)(H,71,86)(H,72,85)(H,73,87)(H,74,84)(H4,62,63,66)/t39-,42+,43?,44+,45-,46+,47+,48+/m1/s1. The molecule has 4 heterocycles. The van der Waals surface area contributed by atoms with Crippen molar-refractivity contribution in [2.45, 2.75) is 159 Å². The Morgan fingerprint density at radius 1 is 0.807 bits per heavy atom. The molecule has 0 spiro atoms. The lowest BCUT2D eigenvalue weighted by Crippen LogP contribution is -2.60. The number of para-hydroxylation sites is 1. The molecule has 17 N–H and O–H groups in total. The summed E-state index contributed by atoms with van der Waals surface area (Å²) in [6, 6.07) is 9.93. The molecule has 2 aliphatic heterocycles. The molecule has 5 aromatic rings. The van der Waals surface area contributed by atoms with Gasteiger partial charge in [0.05, 0.1) is 30.7 Å². The van der Waals surface area contributed by atoms with E-state index >= 15 is 14.4 Å². The summed E-state index contributed by atoms with van der Waals surface area (Å²) in [5.41, 5.74) is 24.9. The van der Waals surface area contributed by atoms with E-state index in [0.29, 0.717) is 29.7 Å². The van der Waals surface area contributed by atoms with Crippen LogP contribution in [0.5, 0.6) is 0 Å². The largest absolute Gasteiger partial charge is 0.370 e.